The molecule has 1 N–H and O–H groups in total. The van der Waals surface area contributed by atoms with E-state index in [9.17, 15) is 4.79 Å². The maximum Gasteiger partial charge on any atom is 0.161 e. The molecule has 3 heteroatoms. The molecule has 0 amide bonds. The maximum absolute atomic E-state index is 12.2. The van der Waals surface area contributed by atoms with Gasteiger partial charge in [0.2, 0.25) is 0 Å². The number of aromatic nitrogens is 1. The van der Waals surface area contributed by atoms with E-state index in [2.05, 4.69) is 56.4 Å². The van der Waals surface area contributed by atoms with Crippen molar-refractivity contribution in [3.63, 3.8) is 0 Å². The zero-order chi connectivity index (χ0) is 19.1. The number of aryl methyl sites for hydroxylation is 3. The highest BCUT2D eigenvalue weighted by Gasteiger charge is 2.15. The van der Waals surface area contributed by atoms with E-state index in [4.69, 9.17) is 4.98 Å². The fraction of sp³-hybridized carbons (Fsp3) is 0.167. The number of benzene rings is 3. The number of hydrogen-bond donors (Lipinski definition) is 1. The number of Topliss-reactive ketones (excluding diaryl/α,β-unsaturated/α-hetero) is 1. The van der Waals surface area contributed by atoms with Crippen LogP contribution in [0.1, 0.15) is 34.0 Å². The van der Waals surface area contributed by atoms with E-state index in [0.717, 1.165) is 38.7 Å². The first-order valence-electron chi connectivity index (χ1n) is 9.13. The lowest BCUT2D eigenvalue weighted by Crippen LogP contribution is -2.01. The molecule has 0 saturated heterocycles. The maximum atomic E-state index is 12.2. The number of carbonyl (C=O) groups is 1. The number of rotatable bonds is 3. The monoisotopic (exact) mass is 354 g/mol. The van der Waals surface area contributed by atoms with Crippen LogP contribution in [-0.2, 0) is 0 Å². The van der Waals surface area contributed by atoms with Crippen molar-refractivity contribution in [3.05, 3.63) is 76.9 Å². The molecular formula is C24H22N2O. The van der Waals surface area contributed by atoms with Crippen LogP contribution in [-0.4, -0.2) is 10.8 Å². The van der Waals surface area contributed by atoms with Crippen molar-refractivity contribution in [1.29, 1.82) is 0 Å². The van der Waals surface area contributed by atoms with Crippen LogP contribution >= 0.6 is 0 Å². The molecule has 27 heavy (non-hydrogen) atoms. The number of ketones is 1. The summed E-state index contributed by atoms with van der Waals surface area (Å²) < 4.78 is 0. The lowest BCUT2D eigenvalue weighted by atomic mass is 10.0. The standard InChI is InChI=1S/C24H22N2O/c1-14-11-12-21(16(3)13-14)25-24-19-9-5-7-15(2)22(19)26-23-18(17(4)27)8-6-10-20(23)24/h5-13H,1-4H3,(H,25,26). The topological polar surface area (TPSA) is 42.0 Å². The van der Waals surface area contributed by atoms with E-state index in [1.807, 2.05) is 24.3 Å². The molecule has 134 valence electrons. The number of nitrogens with zero attached hydrogens (tertiary/aromatic N) is 1. The number of anilines is 2. The Bertz CT molecular complexity index is 1210. The highest BCUT2D eigenvalue weighted by molar-refractivity contribution is 6.15. The Hall–Kier alpha value is -3.20. The Balaban J connectivity index is 2.08. The first kappa shape index (κ1) is 17.2. The van der Waals surface area contributed by atoms with Gasteiger partial charge in [-0.2, -0.15) is 0 Å². The molecule has 3 aromatic carbocycles. The molecule has 0 atom stereocenters. The number of pyridine rings is 1. The second-order valence-corrected chi connectivity index (χ2v) is 7.16. The second kappa shape index (κ2) is 6.51. The summed E-state index contributed by atoms with van der Waals surface area (Å²) in [7, 11) is 0. The van der Waals surface area contributed by atoms with Gasteiger partial charge in [0.1, 0.15) is 0 Å². The van der Waals surface area contributed by atoms with E-state index < -0.39 is 0 Å². The molecule has 0 saturated carbocycles. The summed E-state index contributed by atoms with van der Waals surface area (Å²) in [4.78, 5) is 17.1. The van der Waals surface area contributed by atoms with Crippen molar-refractivity contribution < 1.29 is 4.79 Å². The van der Waals surface area contributed by atoms with Crippen LogP contribution in [0.3, 0.4) is 0 Å². The van der Waals surface area contributed by atoms with Crippen molar-refractivity contribution in [2.75, 3.05) is 5.32 Å². The second-order valence-electron chi connectivity index (χ2n) is 7.16. The number of carbonyl (C=O) groups excluding carboxylic acids is 1. The van der Waals surface area contributed by atoms with Crippen molar-refractivity contribution in [3.8, 4) is 0 Å². The molecule has 0 fully saturated rings. The van der Waals surface area contributed by atoms with Gasteiger partial charge in [0.05, 0.1) is 16.7 Å². The predicted octanol–water partition coefficient (Wildman–Crippen LogP) is 6.26. The van der Waals surface area contributed by atoms with Crippen LogP contribution in [0.25, 0.3) is 21.8 Å². The molecule has 3 nitrogen and oxygen atoms in total. The Morgan fingerprint density at radius 3 is 2.26 bits per heavy atom. The van der Waals surface area contributed by atoms with Gasteiger partial charge in [-0.25, -0.2) is 4.98 Å². The van der Waals surface area contributed by atoms with Crippen LogP contribution in [0, 0.1) is 20.8 Å². The van der Waals surface area contributed by atoms with Crippen molar-refractivity contribution in [2.45, 2.75) is 27.7 Å². The summed E-state index contributed by atoms with van der Waals surface area (Å²) in [5, 5.41) is 5.65. The molecule has 0 aliphatic carbocycles. The lowest BCUT2D eigenvalue weighted by Gasteiger charge is -2.17. The smallest absolute Gasteiger partial charge is 0.161 e. The van der Waals surface area contributed by atoms with E-state index in [0.29, 0.717) is 5.56 Å². The van der Waals surface area contributed by atoms with Crippen molar-refractivity contribution >= 4 is 39.0 Å². The molecular weight excluding hydrogens is 332 g/mol. The lowest BCUT2D eigenvalue weighted by molar-refractivity contribution is 0.101. The fourth-order valence-electron chi connectivity index (χ4n) is 3.64. The van der Waals surface area contributed by atoms with Crippen molar-refractivity contribution in [1.82, 2.24) is 4.98 Å². The van der Waals surface area contributed by atoms with Crippen LogP contribution in [0.5, 0.6) is 0 Å². The number of hydrogen-bond acceptors (Lipinski definition) is 3. The van der Waals surface area contributed by atoms with Gasteiger partial charge < -0.3 is 5.32 Å². The van der Waals surface area contributed by atoms with Gasteiger partial charge in [0.25, 0.3) is 0 Å². The summed E-state index contributed by atoms with van der Waals surface area (Å²) >= 11 is 0. The fourth-order valence-corrected chi connectivity index (χ4v) is 3.64. The third-order valence-electron chi connectivity index (χ3n) is 5.06. The molecule has 0 aliphatic rings. The largest absolute Gasteiger partial charge is 0.354 e. The van der Waals surface area contributed by atoms with Gasteiger partial charge >= 0.3 is 0 Å². The Morgan fingerprint density at radius 1 is 0.852 bits per heavy atom. The predicted molar refractivity (Wildman–Crippen MR) is 113 cm³/mol. The van der Waals surface area contributed by atoms with Gasteiger partial charge in [0.15, 0.2) is 5.78 Å². The van der Waals surface area contributed by atoms with Gasteiger partial charge in [-0.05, 0) is 51.0 Å². The average Bonchev–Trinajstić information content (AvgIpc) is 2.63. The van der Waals surface area contributed by atoms with E-state index >= 15 is 0 Å². The summed E-state index contributed by atoms with van der Waals surface area (Å²) in [6.07, 6.45) is 0. The normalized spacial score (nSPS) is 11.1. The minimum atomic E-state index is 0.0264. The Morgan fingerprint density at radius 2 is 1.56 bits per heavy atom. The summed E-state index contributed by atoms with van der Waals surface area (Å²) in [5.74, 6) is 0.0264. The van der Waals surface area contributed by atoms with Crippen molar-refractivity contribution in [2.24, 2.45) is 0 Å². The molecule has 0 unspecified atom stereocenters. The summed E-state index contributed by atoms with van der Waals surface area (Å²) in [6.45, 7) is 7.85. The summed E-state index contributed by atoms with van der Waals surface area (Å²) in [5.41, 5.74) is 7.89. The molecule has 0 aliphatic heterocycles. The number of para-hydroxylation sites is 2. The van der Waals surface area contributed by atoms with E-state index in [-0.39, 0.29) is 5.78 Å². The molecule has 0 bridgehead atoms. The third-order valence-corrected chi connectivity index (χ3v) is 5.06. The SMILES string of the molecule is CC(=O)c1cccc2c(Nc3ccc(C)cc3C)c3cccc(C)c3nc12. The minimum absolute atomic E-state index is 0.0264. The zero-order valence-electron chi connectivity index (χ0n) is 16.1. The van der Waals surface area contributed by atoms with Gasteiger partial charge in [-0.1, -0.05) is 48.0 Å². The molecule has 0 radical (unpaired) electrons. The van der Waals surface area contributed by atoms with E-state index in [1.54, 1.807) is 6.92 Å². The van der Waals surface area contributed by atoms with Crippen LogP contribution < -0.4 is 5.32 Å². The van der Waals surface area contributed by atoms with Crippen LogP contribution in [0.4, 0.5) is 11.4 Å². The molecule has 0 spiro atoms. The quantitative estimate of drug-likeness (QED) is 0.349. The van der Waals surface area contributed by atoms with Gasteiger partial charge in [-0.3, -0.25) is 4.79 Å². The molecule has 1 heterocycles. The zero-order valence-corrected chi connectivity index (χ0v) is 16.1. The molecule has 4 aromatic rings. The Kier molecular flexibility index (Phi) is 4.15. The highest BCUT2D eigenvalue weighted by Crippen LogP contribution is 2.36. The summed E-state index contributed by atoms with van der Waals surface area (Å²) in [6, 6.07) is 18.4. The van der Waals surface area contributed by atoms with Gasteiger partial charge in [-0.15, -0.1) is 0 Å². The molecule has 4 rings (SSSR count). The van der Waals surface area contributed by atoms with Crippen LogP contribution in [0.15, 0.2) is 54.6 Å². The molecule has 1 aromatic heterocycles. The highest BCUT2D eigenvalue weighted by atomic mass is 16.1. The van der Waals surface area contributed by atoms with Gasteiger partial charge in [0, 0.05) is 22.0 Å². The average molecular weight is 354 g/mol. The Labute approximate surface area is 159 Å². The van der Waals surface area contributed by atoms with E-state index in [1.165, 1.54) is 11.1 Å². The number of fused-ring (bicyclic) bond motifs is 2. The first-order valence-corrected chi connectivity index (χ1v) is 9.13. The first-order chi connectivity index (χ1) is 13.0. The third kappa shape index (κ3) is 2.95. The number of nitrogens with one attached hydrogen (secondary N) is 1. The van der Waals surface area contributed by atoms with Crippen LogP contribution in [0.2, 0.25) is 0 Å². The minimum Gasteiger partial charge on any atom is -0.354 e.